The third-order valence-corrected chi connectivity index (χ3v) is 5.26. The molecule has 3 amide bonds. The standard InChI is InChI=1S/C20H39N7O5S/c1-11(2)10-15(27-16(28)13(21)6-5-8-24-20(22)23)18(30)26-14(7-9-33-4)17(29)25-12(3)19(31)32/h11-15H,5-10,21H2,1-4H3,(H,25,29)(H,26,30)(H,27,28)(H,31,32)(H4,22,23,24). The fourth-order valence-corrected chi connectivity index (χ4v) is 3.26. The van der Waals surface area contributed by atoms with Gasteiger partial charge in [-0.25, -0.2) is 0 Å². The SMILES string of the molecule is CSCCC(NC(=O)C(CC(C)C)NC(=O)C(N)CCCN=C(N)N)C(=O)NC(C)C(=O)O. The number of hydrogen-bond donors (Lipinski definition) is 7. The monoisotopic (exact) mass is 489 g/mol. The van der Waals surface area contributed by atoms with Crippen molar-refractivity contribution in [3.63, 3.8) is 0 Å². The molecule has 0 radical (unpaired) electrons. The van der Waals surface area contributed by atoms with Crippen molar-refractivity contribution >= 4 is 41.4 Å². The number of nitrogens with one attached hydrogen (secondary N) is 3. The van der Waals surface area contributed by atoms with Crippen molar-refractivity contribution in [2.75, 3.05) is 18.6 Å². The lowest BCUT2D eigenvalue weighted by atomic mass is 10.0. The Labute approximate surface area is 199 Å². The lowest BCUT2D eigenvalue weighted by Gasteiger charge is -2.25. The number of guanidine groups is 1. The Kier molecular flexibility index (Phi) is 14.9. The number of hydrogen-bond acceptors (Lipinski definition) is 7. The summed E-state index contributed by atoms with van der Waals surface area (Å²) in [5, 5.41) is 16.7. The van der Waals surface area contributed by atoms with Gasteiger partial charge in [0.15, 0.2) is 5.96 Å². The Morgan fingerprint density at radius 1 is 0.939 bits per heavy atom. The van der Waals surface area contributed by atoms with Gasteiger partial charge in [0.1, 0.15) is 18.1 Å². The quantitative estimate of drug-likeness (QED) is 0.0779. The van der Waals surface area contributed by atoms with Gasteiger partial charge in [0, 0.05) is 6.54 Å². The van der Waals surface area contributed by atoms with E-state index in [1.165, 1.54) is 18.7 Å². The molecule has 4 unspecified atom stereocenters. The first-order chi connectivity index (χ1) is 15.4. The number of carbonyl (C=O) groups is 4. The second-order valence-electron chi connectivity index (χ2n) is 8.16. The van der Waals surface area contributed by atoms with Gasteiger partial charge < -0.3 is 38.3 Å². The van der Waals surface area contributed by atoms with Crippen molar-refractivity contribution in [3.8, 4) is 0 Å². The summed E-state index contributed by atoms with van der Waals surface area (Å²) in [4.78, 5) is 52.9. The number of carboxylic acid groups (broad SMARTS) is 1. The number of carboxylic acids is 1. The van der Waals surface area contributed by atoms with Crippen LogP contribution in [0.25, 0.3) is 0 Å². The van der Waals surface area contributed by atoms with Crippen LogP contribution >= 0.6 is 11.8 Å². The molecule has 0 aliphatic heterocycles. The van der Waals surface area contributed by atoms with Gasteiger partial charge in [-0.2, -0.15) is 11.8 Å². The third kappa shape index (κ3) is 13.6. The molecule has 0 aliphatic rings. The van der Waals surface area contributed by atoms with Gasteiger partial charge >= 0.3 is 5.97 Å². The molecule has 0 fully saturated rings. The van der Waals surface area contributed by atoms with Gasteiger partial charge in [-0.1, -0.05) is 13.8 Å². The zero-order valence-corrected chi connectivity index (χ0v) is 20.6. The summed E-state index contributed by atoms with van der Waals surface area (Å²) in [7, 11) is 0. The fraction of sp³-hybridized carbons (Fsp3) is 0.750. The largest absolute Gasteiger partial charge is 0.480 e. The Bertz CT molecular complexity index is 686. The van der Waals surface area contributed by atoms with Crippen LogP contribution in [0.15, 0.2) is 4.99 Å². The summed E-state index contributed by atoms with van der Waals surface area (Å²) in [5.41, 5.74) is 16.5. The number of aliphatic carboxylic acids is 1. The molecule has 0 saturated carbocycles. The van der Waals surface area contributed by atoms with Crippen LogP contribution in [-0.4, -0.2) is 77.5 Å². The first-order valence-electron chi connectivity index (χ1n) is 10.8. The van der Waals surface area contributed by atoms with Gasteiger partial charge in [-0.15, -0.1) is 0 Å². The van der Waals surface area contributed by atoms with Crippen molar-refractivity contribution in [3.05, 3.63) is 0 Å². The van der Waals surface area contributed by atoms with E-state index in [9.17, 15) is 19.2 Å². The van der Waals surface area contributed by atoms with E-state index in [-0.39, 0.29) is 11.9 Å². The number of rotatable bonds is 16. The molecular formula is C20H39N7O5S. The van der Waals surface area contributed by atoms with Crippen LogP contribution in [0.4, 0.5) is 0 Å². The van der Waals surface area contributed by atoms with Crippen LogP contribution in [0.1, 0.15) is 46.5 Å². The van der Waals surface area contributed by atoms with Crippen LogP contribution in [0.5, 0.6) is 0 Å². The summed E-state index contributed by atoms with van der Waals surface area (Å²) in [6.45, 7) is 5.46. The van der Waals surface area contributed by atoms with Crippen molar-refractivity contribution in [2.24, 2.45) is 28.1 Å². The zero-order chi connectivity index (χ0) is 25.6. The summed E-state index contributed by atoms with van der Waals surface area (Å²) in [6, 6.07) is -3.79. The third-order valence-electron chi connectivity index (χ3n) is 4.62. The highest BCUT2D eigenvalue weighted by Gasteiger charge is 2.29. The molecule has 0 spiro atoms. The smallest absolute Gasteiger partial charge is 0.325 e. The van der Waals surface area contributed by atoms with Crippen LogP contribution in [-0.2, 0) is 19.2 Å². The van der Waals surface area contributed by atoms with E-state index in [1.54, 1.807) is 0 Å². The fourth-order valence-electron chi connectivity index (χ4n) is 2.78. The molecule has 0 heterocycles. The first-order valence-corrected chi connectivity index (χ1v) is 12.2. The molecule has 12 nitrogen and oxygen atoms in total. The van der Waals surface area contributed by atoms with Gasteiger partial charge in [-0.05, 0) is 50.5 Å². The molecule has 0 saturated heterocycles. The predicted molar refractivity (Wildman–Crippen MR) is 129 cm³/mol. The summed E-state index contributed by atoms with van der Waals surface area (Å²) >= 11 is 1.49. The number of aliphatic imine (C=N–C) groups is 1. The molecule has 0 rings (SSSR count). The number of carbonyl (C=O) groups excluding carboxylic acids is 3. The van der Waals surface area contributed by atoms with Crippen molar-refractivity contribution < 1.29 is 24.3 Å². The van der Waals surface area contributed by atoms with E-state index in [0.29, 0.717) is 38.0 Å². The van der Waals surface area contributed by atoms with Gasteiger partial charge in [0.2, 0.25) is 17.7 Å². The highest BCUT2D eigenvalue weighted by Crippen LogP contribution is 2.08. The topological polar surface area (TPSA) is 215 Å². The maximum atomic E-state index is 13.0. The normalized spacial score (nSPS) is 14.5. The van der Waals surface area contributed by atoms with E-state index < -0.39 is 47.9 Å². The Hall–Kier alpha value is -2.54. The molecule has 10 N–H and O–H groups in total. The Morgan fingerprint density at radius 3 is 2.03 bits per heavy atom. The maximum absolute atomic E-state index is 13.0. The number of nitrogens with zero attached hydrogens (tertiary/aromatic N) is 1. The number of amides is 3. The van der Waals surface area contributed by atoms with Crippen molar-refractivity contribution in [1.29, 1.82) is 0 Å². The second-order valence-corrected chi connectivity index (χ2v) is 9.14. The van der Waals surface area contributed by atoms with Crippen molar-refractivity contribution in [2.45, 2.75) is 70.6 Å². The molecule has 13 heteroatoms. The molecule has 190 valence electrons. The van der Waals surface area contributed by atoms with Gasteiger partial charge in [0.05, 0.1) is 6.04 Å². The number of nitrogens with two attached hydrogens (primary N) is 3. The van der Waals surface area contributed by atoms with E-state index in [4.69, 9.17) is 22.3 Å². The van der Waals surface area contributed by atoms with Crippen LogP contribution in [0, 0.1) is 5.92 Å². The molecule has 33 heavy (non-hydrogen) atoms. The Morgan fingerprint density at radius 2 is 1.52 bits per heavy atom. The summed E-state index contributed by atoms with van der Waals surface area (Å²) < 4.78 is 0. The second kappa shape index (κ2) is 16.1. The highest BCUT2D eigenvalue weighted by molar-refractivity contribution is 7.98. The summed E-state index contributed by atoms with van der Waals surface area (Å²) in [6.07, 6.45) is 3.31. The van der Waals surface area contributed by atoms with Gasteiger partial charge in [0.25, 0.3) is 0 Å². The summed E-state index contributed by atoms with van der Waals surface area (Å²) in [5.74, 6) is -2.21. The minimum Gasteiger partial charge on any atom is -0.480 e. The average molecular weight is 490 g/mol. The highest BCUT2D eigenvalue weighted by atomic mass is 32.2. The molecule has 0 aromatic carbocycles. The minimum absolute atomic E-state index is 0.0421. The molecule has 0 aromatic heterocycles. The van der Waals surface area contributed by atoms with E-state index >= 15 is 0 Å². The first kappa shape index (κ1) is 30.5. The van der Waals surface area contributed by atoms with E-state index in [1.807, 2.05) is 20.1 Å². The molecule has 0 aliphatic carbocycles. The average Bonchev–Trinajstić information content (AvgIpc) is 2.72. The van der Waals surface area contributed by atoms with Crippen LogP contribution in [0.2, 0.25) is 0 Å². The van der Waals surface area contributed by atoms with Crippen LogP contribution in [0.3, 0.4) is 0 Å². The van der Waals surface area contributed by atoms with Crippen LogP contribution < -0.4 is 33.2 Å². The van der Waals surface area contributed by atoms with E-state index in [0.717, 1.165) is 0 Å². The minimum atomic E-state index is -1.18. The number of thioether (sulfide) groups is 1. The zero-order valence-electron chi connectivity index (χ0n) is 19.8. The lowest BCUT2D eigenvalue weighted by molar-refractivity contribution is -0.141. The maximum Gasteiger partial charge on any atom is 0.325 e. The molecular weight excluding hydrogens is 450 g/mol. The van der Waals surface area contributed by atoms with Gasteiger partial charge in [-0.3, -0.25) is 24.2 Å². The Balaban J connectivity index is 5.20. The van der Waals surface area contributed by atoms with Crippen molar-refractivity contribution in [1.82, 2.24) is 16.0 Å². The molecule has 0 aromatic rings. The molecule has 0 bridgehead atoms. The van der Waals surface area contributed by atoms with E-state index in [2.05, 4.69) is 20.9 Å². The molecule has 4 atom stereocenters. The lowest BCUT2D eigenvalue weighted by Crippen LogP contribution is -2.57. The predicted octanol–water partition coefficient (Wildman–Crippen LogP) is -1.27.